The van der Waals surface area contributed by atoms with Crippen molar-refractivity contribution < 1.29 is 14.3 Å². The number of ether oxygens (including phenoxy) is 2. The number of hydrogen-bond donors (Lipinski definition) is 0. The van der Waals surface area contributed by atoms with Crippen LogP contribution in [0.4, 0.5) is 0 Å². The molecule has 0 aliphatic rings. The number of esters is 1. The third kappa shape index (κ3) is 5.32. The molecule has 0 heterocycles. The van der Waals surface area contributed by atoms with Gasteiger partial charge in [-0.15, -0.1) is 0 Å². The van der Waals surface area contributed by atoms with Crippen LogP contribution in [0, 0.1) is 0 Å². The smallest absolute Gasteiger partial charge is 0.344 e. The Morgan fingerprint density at radius 3 is 1.55 bits per heavy atom. The van der Waals surface area contributed by atoms with Crippen LogP contribution in [-0.2, 0) is 15.7 Å². The lowest BCUT2D eigenvalue weighted by atomic mass is 10.2. The van der Waals surface area contributed by atoms with Gasteiger partial charge in [0.15, 0.2) is 6.61 Å². The van der Waals surface area contributed by atoms with E-state index in [2.05, 4.69) is 103 Å². The Balaban J connectivity index is 1.73. The van der Waals surface area contributed by atoms with Gasteiger partial charge in [-0.2, -0.15) is 0 Å². The second-order valence-corrected chi connectivity index (χ2v) is 11.2. The Labute approximate surface area is 196 Å². The predicted octanol–water partition coefficient (Wildman–Crippen LogP) is 5.12. The molecule has 3 nitrogen and oxygen atoms in total. The van der Waals surface area contributed by atoms with Crippen molar-refractivity contribution in [3.8, 4) is 5.75 Å². The minimum Gasteiger partial charge on any atom is -0.482 e. The zero-order valence-electron chi connectivity index (χ0n) is 18.8. The first-order valence-corrected chi connectivity index (χ1v) is 13.1. The Morgan fingerprint density at radius 2 is 1.12 bits per heavy atom. The highest BCUT2D eigenvalue weighted by Crippen LogP contribution is 2.58. The van der Waals surface area contributed by atoms with Crippen molar-refractivity contribution in [1.82, 2.24) is 0 Å². The Bertz CT molecular complexity index is 1050. The summed E-state index contributed by atoms with van der Waals surface area (Å²) in [6, 6.07) is 40.6. The molecular formula is C29H28O3P+. The summed E-state index contributed by atoms with van der Waals surface area (Å²) < 4.78 is 10.5. The molecule has 0 atom stereocenters. The first-order valence-electron chi connectivity index (χ1n) is 11.1. The second kappa shape index (κ2) is 10.9. The molecule has 0 fully saturated rings. The maximum atomic E-state index is 11.6. The topological polar surface area (TPSA) is 35.5 Å². The first kappa shape index (κ1) is 22.8. The molecule has 4 aromatic carbocycles. The van der Waals surface area contributed by atoms with E-state index in [4.69, 9.17) is 9.47 Å². The maximum Gasteiger partial charge on any atom is 0.344 e. The normalized spacial score (nSPS) is 11.1. The molecule has 0 saturated carbocycles. The standard InChI is InChI=1S/C29H28O3P/c1-2-31-29(30)22-32-25-20-18-24(19-21-25)23-33(26-12-6-3-7-13-26,27-14-8-4-9-15-27)28-16-10-5-11-17-28/h3-21H,2,22-23H2,1H3/q+1. The van der Waals surface area contributed by atoms with Crippen molar-refractivity contribution in [2.24, 2.45) is 0 Å². The van der Waals surface area contributed by atoms with Crippen LogP contribution < -0.4 is 20.7 Å². The van der Waals surface area contributed by atoms with Crippen LogP contribution in [-0.4, -0.2) is 19.2 Å². The van der Waals surface area contributed by atoms with E-state index in [1.54, 1.807) is 6.92 Å². The van der Waals surface area contributed by atoms with Gasteiger partial charge in [-0.05, 0) is 61.0 Å². The highest BCUT2D eigenvalue weighted by Gasteiger charge is 2.45. The van der Waals surface area contributed by atoms with Crippen molar-refractivity contribution >= 4 is 29.1 Å². The average Bonchev–Trinajstić information content (AvgIpc) is 2.88. The fourth-order valence-corrected chi connectivity index (χ4v) is 8.32. The summed E-state index contributed by atoms with van der Waals surface area (Å²) in [5.74, 6) is 0.304. The number of benzene rings is 4. The summed E-state index contributed by atoms with van der Waals surface area (Å²) in [6.07, 6.45) is 0.892. The number of hydrogen-bond acceptors (Lipinski definition) is 3. The molecule has 0 saturated heterocycles. The van der Waals surface area contributed by atoms with Gasteiger partial charge in [0.1, 0.15) is 28.9 Å². The van der Waals surface area contributed by atoms with Gasteiger partial charge in [0.05, 0.1) is 12.8 Å². The lowest BCUT2D eigenvalue weighted by molar-refractivity contribution is -0.145. The fraction of sp³-hybridized carbons (Fsp3) is 0.138. The van der Waals surface area contributed by atoms with Crippen LogP contribution in [0.15, 0.2) is 115 Å². The van der Waals surface area contributed by atoms with E-state index >= 15 is 0 Å². The number of carbonyl (C=O) groups is 1. The summed E-state index contributed by atoms with van der Waals surface area (Å²) in [5, 5.41) is 4.06. The minimum atomic E-state index is -1.95. The van der Waals surface area contributed by atoms with Crippen LogP contribution in [0.25, 0.3) is 0 Å². The van der Waals surface area contributed by atoms with Crippen molar-refractivity contribution in [2.75, 3.05) is 13.2 Å². The Kier molecular flexibility index (Phi) is 7.55. The molecule has 0 aliphatic carbocycles. The summed E-state index contributed by atoms with van der Waals surface area (Å²) >= 11 is 0. The second-order valence-electron chi connectivity index (χ2n) is 7.71. The van der Waals surface area contributed by atoms with Crippen LogP contribution >= 0.6 is 7.26 Å². The quantitative estimate of drug-likeness (QED) is 0.260. The average molecular weight is 456 g/mol. The summed E-state index contributed by atoms with van der Waals surface area (Å²) in [4.78, 5) is 11.6. The van der Waals surface area contributed by atoms with Crippen molar-refractivity contribution in [3.63, 3.8) is 0 Å². The third-order valence-corrected chi connectivity index (χ3v) is 9.97. The molecule has 0 aromatic heterocycles. The monoisotopic (exact) mass is 455 g/mol. The van der Waals surface area contributed by atoms with E-state index in [1.165, 1.54) is 21.5 Å². The summed E-state index contributed by atoms with van der Waals surface area (Å²) in [7, 11) is -1.95. The van der Waals surface area contributed by atoms with E-state index in [-0.39, 0.29) is 12.6 Å². The SMILES string of the molecule is CCOC(=O)COc1ccc(C[P+](c2ccccc2)(c2ccccc2)c2ccccc2)cc1. The van der Waals surface area contributed by atoms with Gasteiger partial charge < -0.3 is 9.47 Å². The molecule has 0 N–H and O–H groups in total. The zero-order chi connectivity index (χ0) is 22.9. The zero-order valence-corrected chi connectivity index (χ0v) is 19.7. The third-order valence-electron chi connectivity index (χ3n) is 5.60. The molecule has 0 radical (unpaired) electrons. The van der Waals surface area contributed by atoms with Crippen molar-refractivity contribution in [3.05, 3.63) is 121 Å². The molecule has 4 aromatic rings. The van der Waals surface area contributed by atoms with Gasteiger partial charge >= 0.3 is 5.97 Å². The Morgan fingerprint density at radius 1 is 0.667 bits per heavy atom. The predicted molar refractivity (Wildman–Crippen MR) is 137 cm³/mol. The largest absolute Gasteiger partial charge is 0.482 e. The van der Waals surface area contributed by atoms with Crippen molar-refractivity contribution in [1.29, 1.82) is 0 Å². The van der Waals surface area contributed by atoms with E-state index in [1.807, 2.05) is 12.1 Å². The summed E-state index contributed by atoms with van der Waals surface area (Å²) in [6.45, 7) is 2.06. The highest BCUT2D eigenvalue weighted by molar-refractivity contribution is 7.95. The molecule has 4 rings (SSSR count). The molecule has 0 bridgehead atoms. The van der Waals surface area contributed by atoms with Crippen molar-refractivity contribution in [2.45, 2.75) is 13.1 Å². The number of rotatable bonds is 9. The van der Waals surface area contributed by atoms with Gasteiger partial charge in [0.2, 0.25) is 0 Å². The number of carbonyl (C=O) groups excluding carboxylic acids is 1. The molecule has 166 valence electrons. The van der Waals surface area contributed by atoms with Gasteiger partial charge in [-0.3, -0.25) is 0 Å². The van der Waals surface area contributed by atoms with Crippen LogP contribution in [0.5, 0.6) is 5.75 Å². The summed E-state index contributed by atoms with van der Waals surface area (Å²) in [5.41, 5.74) is 1.23. The van der Waals surface area contributed by atoms with E-state index in [0.29, 0.717) is 12.4 Å². The van der Waals surface area contributed by atoms with Gasteiger partial charge in [0, 0.05) is 0 Å². The van der Waals surface area contributed by atoms with Gasteiger partial charge in [0.25, 0.3) is 0 Å². The van der Waals surface area contributed by atoms with E-state index in [0.717, 1.165) is 6.16 Å². The van der Waals surface area contributed by atoms with Crippen LogP contribution in [0.1, 0.15) is 12.5 Å². The highest BCUT2D eigenvalue weighted by atomic mass is 31.2. The molecule has 0 amide bonds. The van der Waals surface area contributed by atoms with Crippen LogP contribution in [0.3, 0.4) is 0 Å². The molecular weight excluding hydrogens is 427 g/mol. The molecule has 0 spiro atoms. The lowest BCUT2D eigenvalue weighted by Gasteiger charge is -2.28. The van der Waals surface area contributed by atoms with E-state index < -0.39 is 7.26 Å². The molecule has 4 heteroatoms. The van der Waals surface area contributed by atoms with E-state index in [9.17, 15) is 4.79 Å². The Hall–Kier alpha value is -3.42. The maximum absolute atomic E-state index is 11.6. The van der Waals surface area contributed by atoms with Crippen LogP contribution in [0.2, 0.25) is 0 Å². The first-order chi connectivity index (χ1) is 16.2. The molecule has 33 heavy (non-hydrogen) atoms. The molecule has 0 aliphatic heterocycles. The van der Waals surface area contributed by atoms with Gasteiger partial charge in [-0.25, -0.2) is 4.79 Å². The fourth-order valence-electron chi connectivity index (χ4n) is 4.08. The van der Waals surface area contributed by atoms with Gasteiger partial charge in [-0.1, -0.05) is 66.7 Å². The lowest BCUT2D eigenvalue weighted by Crippen LogP contribution is -2.32. The molecule has 0 unspecified atom stereocenters. The minimum absolute atomic E-state index is 0.0812.